The number of ether oxygens (including phenoxy) is 3. The van der Waals surface area contributed by atoms with Crippen molar-refractivity contribution in [3.63, 3.8) is 0 Å². The molecule has 0 fully saturated rings. The number of hydrogen-bond donors (Lipinski definition) is 0. The number of hydrogen-bond acceptors (Lipinski definition) is 7. The molecule has 0 saturated heterocycles. The van der Waals surface area contributed by atoms with Crippen molar-refractivity contribution >= 4 is 17.8 Å². The highest BCUT2D eigenvalue weighted by molar-refractivity contribution is 5.74. The van der Waals surface area contributed by atoms with E-state index in [0.717, 1.165) is 0 Å². The Hall–Kier alpha value is -3.08. The van der Waals surface area contributed by atoms with Gasteiger partial charge in [0.25, 0.3) is 0 Å². The summed E-state index contributed by atoms with van der Waals surface area (Å²) < 4.78 is 15.9. The van der Waals surface area contributed by atoms with Crippen molar-refractivity contribution in [1.82, 2.24) is 4.90 Å². The van der Waals surface area contributed by atoms with Gasteiger partial charge in [0.2, 0.25) is 5.91 Å². The second kappa shape index (κ2) is 9.74. The van der Waals surface area contributed by atoms with E-state index in [2.05, 4.69) is 0 Å². The molecule has 0 aliphatic heterocycles. The molecule has 1 aromatic carbocycles. The predicted octanol–water partition coefficient (Wildman–Crippen LogP) is 2.44. The molecule has 152 valence electrons. The zero-order valence-corrected chi connectivity index (χ0v) is 17.1. The van der Waals surface area contributed by atoms with Crippen molar-refractivity contribution in [2.24, 2.45) is 0 Å². The standard InChI is InChI=1S/C20H26N2O6/c1-13(23)22(20(4,5)6)11-18(28-15(3)25)12-26-19-8-7-17(27-14(2)24)9-16(19)10-21/h7-9,18H,11-12H2,1-6H3. The Balaban J connectivity index is 2.97. The van der Waals surface area contributed by atoms with Crippen LogP contribution in [0.15, 0.2) is 18.2 Å². The highest BCUT2D eigenvalue weighted by Gasteiger charge is 2.28. The Morgan fingerprint density at radius 1 is 1.14 bits per heavy atom. The third-order valence-corrected chi connectivity index (χ3v) is 3.67. The summed E-state index contributed by atoms with van der Waals surface area (Å²) in [7, 11) is 0. The first-order valence-electron chi connectivity index (χ1n) is 8.74. The molecule has 1 aromatic rings. The Bertz CT molecular complexity index is 776. The second-order valence-corrected chi connectivity index (χ2v) is 7.21. The number of esters is 2. The lowest BCUT2D eigenvalue weighted by molar-refractivity contribution is -0.153. The smallest absolute Gasteiger partial charge is 0.308 e. The molecule has 0 aliphatic rings. The SMILES string of the molecule is CC(=O)Oc1ccc(OCC(CN(C(C)=O)C(C)(C)C)OC(C)=O)c(C#N)c1. The molecular weight excluding hydrogens is 364 g/mol. The van der Waals surface area contributed by atoms with Crippen molar-refractivity contribution in [3.05, 3.63) is 23.8 Å². The summed E-state index contributed by atoms with van der Waals surface area (Å²) in [6.07, 6.45) is -0.722. The molecule has 0 saturated carbocycles. The van der Waals surface area contributed by atoms with Crippen molar-refractivity contribution in [3.8, 4) is 17.6 Å². The largest absolute Gasteiger partial charge is 0.488 e. The van der Waals surface area contributed by atoms with Gasteiger partial charge in [-0.3, -0.25) is 14.4 Å². The highest BCUT2D eigenvalue weighted by Crippen LogP contribution is 2.24. The van der Waals surface area contributed by atoms with E-state index in [9.17, 15) is 19.6 Å². The topological polar surface area (TPSA) is 106 Å². The molecule has 0 radical (unpaired) electrons. The van der Waals surface area contributed by atoms with Gasteiger partial charge in [-0.1, -0.05) is 0 Å². The van der Waals surface area contributed by atoms with Crippen LogP contribution >= 0.6 is 0 Å². The van der Waals surface area contributed by atoms with E-state index in [1.165, 1.54) is 39.0 Å². The Kier molecular flexibility index (Phi) is 7.99. The Morgan fingerprint density at radius 3 is 2.25 bits per heavy atom. The van der Waals surface area contributed by atoms with E-state index in [4.69, 9.17) is 14.2 Å². The number of nitrogens with zero attached hydrogens (tertiary/aromatic N) is 2. The maximum atomic E-state index is 12.0. The Morgan fingerprint density at radius 2 is 1.79 bits per heavy atom. The predicted molar refractivity (Wildman–Crippen MR) is 101 cm³/mol. The number of amides is 1. The monoisotopic (exact) mass is 390 g/mol. The normalized spacial score (nSPS) is 11.8. The van der Waals surface area contributed by atoms with Crippen LogP contribution in [0.4, 0.5) is 0 Å². The molecule has 1 rings (SSSR count). The number of rotatable bonds is 7. The number of carbonyl (C=O) groups is 3. The van der Waals surface area contributed by atoms with E-state index >= 15 is 0 Å². The summed E-state index contributed by atoms with van der Waals surface area (Å²) in [6.45, 7) is 9.70. The molecule has 0 spiro atoms. The molecule has 1 unspecified atom stereocenters. The van der Waals surface area contributed by atoms with E-state index < -0.39 is 23.6 Å². The summed E-state index contributed by atoms with van der Waals surface area (Å²) in [5, 5.41) is 9.30. The number of carbonyl (C=O) groups excluding carboxylic acids is 3. The van der Waals surface area contributed by atoms with Crippen molar-refractivity contribution in [2.45, 2.75) is 53.2 Å². The van der Waals surface area contributed by atoms with Gasteiger partial charge >= 0.3 is 11.9 Å². The molecule has 0 aromatic heterocycles. The summed E-state index contributed by atoms with van der Waals surface area (Å²) >= 11 is 0. The minimum Gasteiger partial charge on any atom is -0.488 e. The first-order chi connectivity index (χ1) is 12.9. The van der Waals surface area contributed by atoms with Crippen LogP contribution in [0.5, 0.6) is 11.5 Å². The van der Waals surface area contributed by atoms with Gasteiger partial charge in [0.05, 0.1) is 12.1 Å². The lowest BCUT2D eigenvalue weighted by Gasteiger charge is -2.37. The molecule has 0 heterocycles. The van der Waals surface area contributed by atoms with Crippen LogP contribution in [0.2, 0.25) is 0 Å². The Labute approximate surface area is 165 Å². The van der Waals surface area contributed by atoms with Crippen LogP contribution in [0, 0.1) is 11.3 Å². The fourth-order valence-electron chi connectivity index (χ4n) is 2.57. The minimum atomic E-state index is -0.722. The van der Waals surface area contributed by atoms with E-state index in [1.54, 1.807) is 4.90 Å². The fourth-order valence-corrected chi connectivity index (χ4v) is 2.57. The zero-order valence-electron chi connectivity index (χ0n) is 17.1. The molecule has 0 aliphatic carbocycles. The summed E-state index contributed by atoms with van der Waals surface area (Å²) in [5.41, 5.74) is -0.298. The van der Waals surface area contributed by atoms with Gasteiger partial charge in [-0.25, -0.2) is 0 Å². The minimum absolute atomic E-state index is 0.0545. The first-order valence-corrected chi connectivity index (χ1v) is 8.74. The van der Waals surface area contributed by atoms with E-state index in [0.29, 0.717) is 0 Å². The molecule has 1 atom stereocenters. The lowest BCUT2D eigenvalue weighted by atomic mass is 10.1. The second-order valence-electron chi connectivity index (χ2n) is 7.21. The lowest BCUT2D eigenvalue weighted by Crippen LogP contribution is -2.50. The molecule has 8 heteroatoms. The maximum Gasteiger partial charge on any atom is 0.308 e. The van der Waals surface area contributed by atoms with E-state index in [-0.39, 0.29) is 36.1 Å². The van der Waals surface area contributed by atoms with Gasteiger partial charge in [-0.15, -0.1) is 0 Å². The van der Waals surface area contributed by atoms with Gasteiger partial charge in [0.15, 0.2) is 6.10 Å². The fraction of sp³-hybridized carbons (Fsp3) is 0.500. The average Bonchev–Trinajstić information content (AvgIpc) is 2.55. The number of nitriles is 1. The van der Waals surface area contributed by atoms with Crippen LogP contribution in [-0.2, 0) is 19.1 Å². The third kappa shape index (κ3) is 7.27. The van der Waals surface area contributed by atoms with Gasteiger partial charge in [-0.2, -0.15) is 5.26 Å². The van der Waals surface area contributed by atoms with Crippen LogP contribution in [-0.4, -0.2) is 47.5 Å². The quantitative estimate of drug-likeness (QED) is 0.520. The highest BCUT2D eigenvalue weighted by atomic mass is 16.6. The van der Waals surface area contributed by atoms with Crippen LogP contribution in [0.3, 0.4) is 0 Å². The molecule has 28 heavy (non-hydrogen) atoms. The van der Waals surface area contributed by atoms with E-state index in [1.807, 2.05) is 26.8 Å². The first kappa shape index (κ1) is 23.0. The molecular formula is C20H26N2O6. The maximum absolute atomic E-state index is 12.0. The van der Waals surface area contributed by atoms with Crippen molar-refractivity contribution < 1.29 is 28.6 Å². The van der Waals surface area contributed by atoms with Gasteiger partial charge in [-0.05, 0) is 32.9 Å². The molecule has 0 bridgehead atoms. The molecule has 0 N–H and O–H groups in total. The van der Waals surface area contributed by atoms with Gasteiger partial charge < -0.3 is 19.1 Å². The summed E-state index contributed by atoms with van der Waals surface area (Å²) in [4.78, 5) is 36.0. The molecule has 8 nitrogen and oxygen atoms in total. The average molecular weight is 390 g/mol. The third-order valence-electron chi connectivity index (χ3n) is 3.67. The zero-order chi connectivity index (χ0) is 21.5. The van der Waals surface area contributed by atoms with Crippen molar-refractivity contribution in [1.29, 1.82) is 5.26 Å². The number of benzene rings is 1. The van der Waals surface area contributed by atoms with Crippen LogP contribution < -0.4 is 9.47 Å². The summed E-state index contributed by atoms with van der Waals surface area (Å²) in [6, 6.07) is 6.34. The van der Waals surface area contributed by atoms with Gasteiger partial charge in [0.1, 0.15) is 24.2 Å². The van der Waals surface area contributed by atoms with Crippen LogP contribution in [0.1, 0.15) is 47.1 Å². The van der Waals surface area contributed by atoms with Crippen LogP contribution in [0.25, 0.3) is 0 Å². The molecule has 1 amide bonds. The van der Waals surface area contributed by atoms with Gasteiger partial charge in [0, 0.05) is 32.4 Å². The summed E-state index contributed by atoms with van der Waals surface area (Å²) in [5.74, 6) is -0.687. The van der Waals surface area contributed by atoms with Crippen molar-refractivity contribution in [2.75, 3.05) is 13.2 Å².